The van der Waals surface area contributed by atoms with Crippen molar-refractivity contribution in [1.82, 2.24) is 4.98 Å². The van der Waals surface area contributed by atoms with Gasteiger partial charge in [-0.3, -0.25) is 0 Å². The van der Waals surface area contributed by atoms with Crippen LogP contribution in [0, 0.1) is 20.8 Å². The number of benzene rings is 1. The lowest BCUT2D eigenvalue weighted by Crippen LogP contribution is -2.12. The van der Waals surface area contributed by atoms with Gasteiger partial charge in [-0.15, -0.1) is 0 Å². The van der Waals surface area contributed by atoms with E-state index in [0.717, 1.165) is 11.0 Å². The predicted octanol–water partition coefficient (Wildman–Crippen LogP) is 3.01. The maximum atomic E-state index is 6.11. The maximum Gasteiger partial charge on any atom is 0.114 e. The third kappa shape index (κ3) is 1.48. The summed E-state index contributed by atoms with van der Waals surface area (Å²) in [4.78, 5) is 3.46. The molecule has 0 amide bonds. The van der Waals surface area contributed by atoms with E-state index in [9.17, 15) is 0 Å². The summed E-state index contributed by atoms with van der Waals surface area (Å²) < 4.78 is 0. The maximum absolute atomic E-state index is 6.11. The second-order valence-electron chi connectivity index (χ2n) is 4.97. The van der Waals surface area contributed by atoms with Crippen LogP contribution in [0.15, 0.2) is 6.07 Å². The number of aromatic amines is 1. The summed E-state index contributed by atoms with van der Waals surface area (Å²) in [5.74, 6) is 0.523. The fraction of sp³-hybridized carbons (Fsp3) is 0.429. The summed E-state index contributed by atoms with van der Waals surface area (Å²) in [6.07, 6.45) is 0. The van der Waals surface area contributed by atoms with Crippen molar-refractivity contribution >= 4 is 24.2 Å². The van der Waals surface area contributed by atoms with Gasteiger partial charge < -0.3 is 4.98 Å². The Bertz CT molecular complexity index is 550. The minimum atomic E-state index is 0.523. The van der Waals surface area contributed by atoms with E-state index in [-0.39, 0.29) is 0 Å². The van der Waals surface area contributed by atoms with E-state index in [1.54, 1.807) is 0 Å². The lowest BCUT2D eigenvalue weighted by Gasteiger charge is -2.11. The summed E-state index contributed by atoms with van der Waals surface area (Å²) in [5, 5.41) is 1.32. The average molecular weight is 211 g/mol. The van der Waals surface area contributed by atoms with Crippen LogP contribution in [0.2, 0.25) is 0 Å². The van der Waals surface area contributed by atoms with Crippen molar-refractivity contribution in [2.45, 2.75) is 40.5 Å². The number of H-pyrrole nitrogens is 1. The van der Waals surface area contributed by atoms with Crippen LogP contribution < -0.4 is 5.46 Å². The Balaban J connectivity index is 2.93. The second-order valence-corrected chi connectivity index (χ2v) is 4.97. The van der Waals surface area contributed by atoms with Gasteiger partial charge in [-0.1, -0.05) is 24.9 Å². The third-order valence-electron chi connectivity index (χ3n) is 3.41. The van der Waals surface area contributed by atoms with Crippen molar-refractivity contribution < 1.29 is 0 Å². The minimum absolute atomic E-state index is 0.523. The van der Waals surface area contributed by atoms with Gasteiger partial charge in [-0.05, 0) is 43.9 Å². The van der Waals surface area contributed by atoms with Crippen molar-refractivity contribution in [3.63, 3.8) is 0 Å². The van der Waals surface area contributed by atoms with Crippen molar-refractivity contribution in [2.75, 3.05) is 0 Å². The highest BCUT2D eigenvalue weighted by atomic mass is 14.7. The van der Waals surface area contributed by atoms with Crippen LogP contribution in [-0.2, 0) is 0 Å². The summed E-state index contributed by atoms with van der Waals surface area (Å²) in [7, 11) is 6.11. The predicted molar refractivity (Wildman–Crippen MR) is 72.0 cm³/mol. The van der Waals surface area contributed by atoms with E-state index < -0.39 is 0 Å². The lowest BCUT2D eigenvalue weighted by molar-refractivity contribution is 0.863. The topological polar surface area (TPSA) is 15.8 Å². The molecular formula is C14H18BN. The molecule has 2 heteroatoms. The standard InChI is InChI=1S/C14H18BN/c1-7(2)12-10(5)16-11-6-8(3)14(15)9(4)13(11)12/h6-7,16H,1-5H3. The Morgan fingerprint density at radius 2 is 1.81 bits per heavy atom. The van der Waals surface area contributed by atoms with E-state index >= 15 is 0 Å². The van der Waals surface area contributed by atoms with Crippen LogP contribution in [0.5, 0.6) is 0 Å². The molecule has 1 N–H and O–H groups in total. The first-order valence-electron chi connectivity index (χ1n) is 5.81. The van der Waals surface area contributed by atoms with Crippen LogP contribution in [0.1, 0.15) is 42.1 Å². The summed E-state index contributed by atoms with van der Waals surface area (Å²) in [6.45, 7) is 10.8. The Kier molecular flexibility index (Phi) is 2.61. The normalized spacial score (nSPS) is 11.6. The zero-order valence-corrected chi connectivity index (χ0v) is 10.7. The molecule has 0 aliphatic carbocycles. The quantitative estimate of drug-likeness (QED) is 0.698. The summed E-state index contributed by atoms with van der Waals surface area (Å²) >= 11 is 0. The highest BCUT2D eigenvalue weighted by molar-refractivity contribution is 6.35. The summed E-state index contributed by atoms with van der Waals surface area (Å²) in [6, 6.07) is 2.15. The van der Waals surface area contributed by atoms with Gasteiger partial charge in [-0.25, -0.2) is 0 Å². The van der Waals surface area contributed by atoms with E-state index in [4.69, 9.17) is 7.85 Å². The van der Waals surface area contributed by atoms with Gasteiger partial charge in [0.25, 0.3) is 0 Å². The fourth-order valence-electron chi connectivity index (χ4n) is 2.62. The SMILES string of the molecule is [B]c1c(C)cc2[nH]c(C)c(C(C)C)c2c1C. The molecule has 0 aliphatic rings. The molecule has 0 aliphatic heterocycles. The fourth-order valence-corrected chi connectivity index (χ4v) is 2.62. The Morgan fingerprint density at radius 3 is 2.38 bits per heavy atom. The monoisotopic (exact) mass is 211 g/mol. The van der Waals surface area contributed by atoms with Gasteiger partial charge in [0.1, 0.15) is 7.85 Å². The molecule has 1 aromatic carbocycles. The van der Waals surface area contributed by atoms with E-state index in [0.29, 0.717) is 5.92 Å². The molecule has 0 unspecified atom stereocenters. The van der Waals surface area contributed by atoms with Crippen molar-refractivity contribution in [3.8, 4) is 0 Å². The molecule has 2 rings (SSSR count). The number of hydrogen-bond donors (Lipinski definition) is 1. The minimum Gasteiger partial charge on any atom is -0.358 e. The first-order chi connectivity index (χ1) is 7.43. The summed E-state index contributed by atoms with van der Waals surface area (Å²) in [5.41, 5.74) is 7.17. The van der Waals surface area contributed by atoms with Gasteiger partial charge >= 0.3 is 0 Å². The molecule has 2 radical (unpaired) electrons. The molecule has 1 heterocycles. The number of hydrogen-bond acceptors (Lipinski definition) is 0. The van der Waals surface area contributed by atoms with E-state index in [1.165, 1.54) is 27.7 Å². The largest absolute Gasteiger partial charge is 0.358 e. The van der Waals surface area contributed by atoms with Gasteiger partial charge in [0, 0.05) is 16.6 Å². The van der Waals surface area contributed by atoms with Gasteiger partial charge in [0.15, 0.2) is 0 Å². The Morgan fingerprint density at radius 1 is 1.19 bits per heavy atom. The number of aromatic nitrogens is 1. The number of fused-ring (bicyclic) bond motifs is 1. The van der Waals surface area contributed by atoms with E-state index in [2.05, 4.69) is 45.7 Å². The van der Waals surface area contributed by atoms with Gasteiger partial charge in [0.2, 0.25) is 0 Å². The van der Waals surface area contributed by atoms with Crippen LogP contribution in [0.25, 0.3) is 10.9 Å². The molecule has 82 valence electrons. The van der Waals surface area contributed by atoms with Crippen LogP contribution in [0.4, 0.5) is 0 Å². The molecule has 2 aromatic rings. The molecule has 1 nitrogen and oxygen atoms in total. The van der Waals surface area contributed by atoms with Crippen LogP contribution >= 0.6 is 0 Å². The molecule has 1 aromatic heterocycles. The van der Waals surface area contributed by atoms with Crippen LogP contribution in [0.3, 0.4) is 0 Å². The zero-order valence-electron chi connectivity index (χ0n) is 10.7. The number of rotatable bonds is 1. The lowest BCUT2D eigenvalue weighted by atomic mass is 9.83. The molecule has 0 atom stereocenters. The molecule has 0 fully saturated rings. The smallest absolute Gasteiger partial charge is 0.114 e. The first-order valence-corrected chi connectivity index (χ1v) is 5.81. The average Bonchev–Trinajstić information content (AvgIpc) is 2.51. The molecule has 0 saturated heterocycles. The van der Waals surface area contributed by atoms with Crippen molar-refractivity contribution in [2.24, 2.45) is 0 Å². The van der Waals surface area contributed by atoms with Gasteiger partial charge in [0.05, 0.1) is 0 Å². The Hall–Kier alpha value is -1.18. The molecular weight excluding hydrogens is 193 g/mol. The van der Waals surface area contributed by atoms with Crippen LogP contribution in [-0.4, -0.2) is 12.8 Å². The molecule has 16 heavy (non-hydrogen) atoms. The second kappa shape index (κ2) is 3.69. The van der Waals surface area contributed by atoms with Crippen molar-refractivity contribution in [3.05, 3.63) is 28.5 Å². The molecule has 0 bridgehead atoms. The molecule has 0 saturated carbocycles. The number of nitrogens with one attached hydrogen (secondary N) is 1. The van der Waals surface area contributed by atoms with E-state index in [1.807, 2.05) is 0 Å². The number of aryl methyl sites for hydroxylation is 3. The Labute approximate surface area is 98.7 Å². The highest BCUT2D eigenvalue weighted by Crippen LogP contribution is 2.30. The first kappa shape index (κ1) is 11.3. The molecule has 0 spiro atoms. The van der Waals surface area contributed by atoms with Gasteiger partial charge in [-0.2, -0.15) is 0 Å². The zero-order chi connectivity index (χ0) is 12.0. The van der Waals surface area contributed by atoms with Crippen molar-refractivity contribution in [1.29, 1.82) is 0 Å². The highest BCUT2D eigenvalue weighted by Gasteiger charge is 2.15. The third-order valence-corrected chi connectivity index (χ3v) is 3.41.